The quantitative estimate of drug-likeness (QED) is 0.392. The Balaban J connectivity index is 1.51. The number of amides is 1. The van der Waals surface area contributed by atoms with Gasteiger partial charge in [0.05, 0.1) is 11.4 Å². The Hall–Kier alpha value is -1.74. The maximum atomic E-state index is 13.0. The SMILES string of the molecule is CCCCCCCCCCCC(=O)N1c2ccccc2Sc2ccccc21. The number of nitrogens with zero attached hydrogens (tertiary/aromatic N) is 1. The highest BCUT2D eigenvalue weighted by molar-refractivity contribution is 7.99. The van der Waals surface area contributed by atoms with Crippen LogP contribution in [-0.2, 0) is 4.79 Å². The summed E-state index contributed by atoms with van der Waals surface area (Å²) < 4.78 is 0. The molecule has 0 unspecified atom stereocenters. The number of anilines is 2. The Kier molecular flexibility index (Phi) is 7.82. The summed E-state index contributed by atoms with van der Waals surface area (Å²) in [7, 11) is 0. The van der Waals surface area contributed by atoms with E-state index in [0.717, 1.165) is 34.0 Å². The predicted octanol–water partition coefficient (Wildman–Crippen LogP) is 7.74. The molecule has 144 valence electrons. The highest BCUT2D eigenvalue weighted by Crippen LogP contribution is 2.48. The average Bonchev–Trinajstić information content (AvgIpc) is 2.70. The van der Waals surface area contributed by atoms with Gasteiger partial charge < -0.3 is 0 Å². The van der Waals surface area contributed by atoms with Crippen LogP contribution in [-0.4, -0.2) is 5.91 Å². The first-order valence-corrected chi connectivity index (χ1v) is 11.3. The molecule has 0 spiro atoms. The van der Waals surface area contributed by atoms with E-state index in [4.69, 9.17) is 0 Å². The van der Waals surface area contributed by atoms with Gasteiger partial charge in [-0.3, -0.25) is 9.69 Å². The number of rotatable bonds is 10. The molecule has 1 heterocycles. The first-order valence-electron chi connectivity index (χ1n) is 10.5. The number of unbranched alkanes of at least 4 members (excludes halogenated alkanes) is 8. The zero-order valence-electron chi connectivity index (χ0n) is 16.5. The van der Waals surface area contributed by atoms with Gasteiger partial charge in [-0.15, -0.1) is 0 Å². The Labute approximate surface area is 168 Å². The molecule has 2 aromatic rings. The van der Waals surface area contributed by atoms with Gasteiger partial charge in [-0.25, -0.2) is 0 Å². The highest BCUT2D eigenvalue weighted by Gasteiger charge is 2.27. The summed E-state index contributed by atoms with van der Waals surface area (Å²) in [5.41, 5.74) is 2.06. The van der Waals surface area contributed by atoms with Gasteiger partial charge in [0.15, 0.2) is 0 Å². The second kappa shape index (κ2) is 10.6. The van der Waals surface area contributed by atoms with Crippen molar-refractivity contribution < 1.29 is 4.79 Å². The molecule has 0 N–H and O–H groups in total. The van der Waals surface area contributed by atoms with Crippen molar-refractivity contribution in [2.75, 3.05) is 4.90 Å². The van der Waals surface area contributed by atoms with Gasteiger partial charge in [0.25, 0.3) is 0 Å². The number of carbonyl (C=O) groups excluding carboxylic acids is 1. The van der Waals surface area contributed by atoms with Crippen molar-refractivity contribution in [1.29, 1.82) is 0 Å². The minimum absolute atomic E-state index is 0.221. The number of fused-ring (bicyclic) bond motifs is 2. The second-order valence-corrected chi connectivity index (χ2v) is 8.43. The summed E-state index contributed by atoms with van der Waals surface area (Å²) in [4.78, 5) is 17.3. The fraction of sp³-hybridized carbons (Fsp3) is 0.458. The van der Waals surface area contributed by atoms with Gasteiger partial charge in [0.1, 0.15) is 0 Å². The lowest BCUT2D eigenvalue weighted by Crippen LogP contribution is -2.28. The maximum Gasteiger partial charge on any atom is 0.231 e. The summed E-state index contributed by atoms with van der Waals surface area (Å²) in [6, 6.07) is 16.5. The normalized spacial score (nSPS) is 12.6. The predicted molar refractivity (Wildman–Crippen MR) is 116 cm³/mol. The first-order chi connectivity index (χ1) is 13.3. The lowest BCUT2D eigenvalue weighted by atomic mass is 10.1. The molecule has 2 nitrogen and oxygen atoms in total. The molecule has 1 amide bonds. The molecule has 0 aromatic heterocycles. The van der Waals surface area contributed by atoms with Crippen LogP contribution in [0.3, 0.4) is 0 Å². The molecule has 0 aliphatic carbocycles. The lowest BCUT2D eigenvalue weighted by Gasteiger charge is -2.31. The molecular weight excluding hydrogens is 350 g/mol. The van der Waals surface area contributed by atoms with Crippen molar-refractivity contribution in [1.82, 2.24) is 0 Å². The van der Waals surface area contributed by atoms with E-state index < -0.39 is 0 Å². The maximum absolute atomic E-state index is 13.0. The van der Waals surface area contributed by atoms with Gasteiger partial charge in [0.2, 0.25) is 5.91 Å². The van der Waals surface area contributed by atoms with Crippen LogP contribution in [0.5, 0.6) is 0 Å². The Morgan fingerprint density at radius 2 is 1.22 bits per heavy atom. The first kappa shape index (κ1) is 20.0. The van der Waals surface area contributed by atoms with Gasteiger partial charge in [0, 0.05) is 16.2 Å². The minimum atomic E-state index is 0.221. The van der Waals surface area contributed by atoms with Gasteiger partial charge in [-0.2, -0.15) is 0 Å². The van der Waals surface area contributed by atoms with E-state index in [1.54, 1.807) is 11.8 Å². The Morgan fingerprint density at radius 1 is 0.741 bits per heavy atom. The van der Waals surface area contributed by atoms with Crippen LogP contribution >= 0.6 is 11.8 Å². The number of hydrogen-bond acceptors (Lipinski definition) is 2. The molecule has 3 heteroatoms. The molecule has 0 saturated heterocycles. The molecule has 1 aliphatic heterocycles. The molecule has 3 rings (SSSR count). The monoisotopic (exact) mass is 381 g/mol. The topological polar surface area (TPSA) is 20.3 Å². The number of benzene rings is 2. The summed E-state index contributed by atoms with van der Waals surface area (Å²) >= 11 is 1.75. The van der Waals surface area contributed by atoms with Crippen LogP contribution < -0.4 is 4.90 Å². The molecule has 1 aliphatic rings. The van der Waals surface area contributed by atoms with E-state index >= 15 is 0 Å². The smallest absolute Gasteiger partial charge is 0.231 e. The number of hydrogen-bond donors (Lipinski definition) is 0. The Bertz CT molecular complexity index is 697. The van der Waals surface area contributed by atoms with E-state index in [0.29, 0.717) is 6.42 Å². The largest absolute Gasteiger partial charge is 0.279 e. The van der Waals surface area contributed by atoms with Crippen molar-refractivity contribution >= 4 is 29.0 Å². The third-order valence-electron chi connectivity index (χ3n) is 5.18. The molecule has 0 saturated carbocycles. The fourth-order valence-electron chi connectivity index (χ4n) is 3.67. The summed E-state index contributed by atoms with van der Waals surface area (Å²) in [6.07, 6.45) is 12.1. The molecule has 0 radical (unpaired) electrons. The van der Waals surface area contributed by atoms with E-state index in [9.17, 15) is 4.79 Å². The summed E-state index contributed by atoms with van der Waals surface area (Å²) in [6.45, 7) is 2.26. The fourth-order valence-corrected chi connectivity index (χ4v) is 4.73. The van der Waals surface area contributed by atoms with Crippen molar-refractivity contribution in [2.24, 2.45) is 0 Å². The van der Waals surface area contributed by atoms with E-state index in [1.807, 2.05) is 29.2 Å². The standard InChI is InChI=1S/C24H31NOS/c1-2-3-4-5-6-7-8-9-10-19-24(26)25-20-15-11-13-17-22(20)27-23-18-14-12-16-21(23)25/h11-18H,2-10,19H2,1H3. The van der Waals surface area contributed by atoms with Crippen molar-refractivity contribution in [3.63, 3.8) is 0 Å². The molecule has 27 heavy (non-hydrogen) atoms. The molecule has 0 atom stereocenters. The molecule has 2 aromatic carbocycles. The van der Waals surface area contributed by atoms with E-state index in [2.05, 4.69) is 31.2 Å². The van der Waals surface area contributed by atoms with Gasteiger partial charge >= 0.3 is 0 Å². The highest BCUT2D eigenvalue weighted by atomic mass is 32.2. The number of carbonyl (C=O) groups is 1. The molecular formula is C24H31NOS. The number of para-hydroxylation sites is 2. The summed E-state index contributed by atoms with van der Waals surface area (Å²) in [5, 5.41) is 0. The van der Waals surface area contributed by atoms with Crippen LogP contribution in [0.25, 0.3) is 0 Å². The van der Waals surface area contributed by atoms with Crippen molar-refractivity contribution in [3.8, 4) is 0 Å². The summed E-state index contributed by atoms with van der Waals surface area (Å²) in [5.74, 6) is 0.221. The van der Waals surface area contributed by atoms with Crippen LogP contribution in [0.4, 0.5) is 11.4 Å². The lowest BCUT2D eigenvalue weighted by molar-refractivity contribution is -0.118. The molecule has 0 bridgehead atoms. The van der Waals surface area contributed by atoms with Crippen molar-refractivity contribution in [3.05, 3.63) is 48.5 Å². The Morgan fingerprint density at radius 3 is 1.78 bits per heavy atom. The minimum Gasteiger partial charge on any atom is -0.279 e. The van der Waals surface area contributed by atoms with Gasteiger partial charge in [-0.05, 0) is 30.7 Å². The third-order valence-corrected chi connectivity index (χ3v) is 6.31. The average molecular weight is 382 g/mol. The molecule has 0 fully saturated rings. The van der Waals surface area contributed by atoms with Crippen molar-refractivity contribution in [2.45, 2.75) is 80.9 Å². The zero-order chi connectivity index (χ0) is 18.9. The van der Waals surface area contributed by atoms with Crippen LogP contribution in [0, 0.1) is 0 Å². The zero-order valence-corrected chi connectivity index (χ0v) is 17.3. The van der Waals surface area contributed by atoms with Gasteiger partial charge in [-0.1, -0.05) is 94.3 Å². The third kappa shape index (κ3) is 5.38. The van der Waals surface area contributed by atoms with E-state index in [1.165, 1.54) is 44.9 Å². The van der Waals surface area contributed by atoms with E-state index in [-0.39, 0.29) is 5.91 Å². The van der Waals surface area contributed by atoms with Crippen LogP contribution in [0.2, 0.25) is 0 Å². The van der Waals surface area contributed by atoms with Crippen LogP contribution in [0.15, 0.2) is 58.3 Å². The second-order valence-electron chi connectivity index (χ2n) is 7.35. The van der Waals surface area contributed by atoms with Crippen LogP contribution in [0.1, 0.15) is 71.1 Å².